The molecular formula is C24H35N5O6S. The van der Waals surface area contributed by atoms with Gasteiger partial charge in [-0.1, -0.05) is 30.3 Å². The lowest BCUT2D eigenvalue weighted by atomic mass is 10.0. The molecule has 198 valence electrons. The summed E-state index contributed by atoms with van der Waals surface area (Å²) in [6.45, 7) is 0.384. The third-order valence-electron chi connectivity index (χ3n) is 5.99. The Labute approximate surface area is 214 Å². The number of amides is 4. The molecule has 1 aliphatic rings. The van der Waals surface area contributed by atoms with Crippen molar-refractivity contribution in [2.24, 2.45) is 11.5 Å². The molecule has 1 aromatic carbocycles. The molecule has 1 saturated heterocycles. The van der Waals surface area contributed by atoms with Gasteiger partial charge in [-0.05, 0) is 49.7 Å². The molecule has 1 fully saturated rings. The van der Waals surface area contributed by atoms with E-state index in [1.165, 1.54) is 16.7 Å². The van der Waals surface area contributed by atoms with Crippen LogP contribution in [0, 0.1) is 0 Å². The summed E-state index contributed by atoms with van der Waals surface area (Å²) in [5.74, 6) is -2.95. The standard InChI is InChI=1S/C24H35N5O6S/c1-36-13-11-17(21(31)28-18(24(34)35)9-10-20(26)30)27-22(32)19-8-5-12-29(19)23(33)16(25)14-15-6-3-2-4-7-15/h2-4,6-7,16-19H,5,8-14,25H2,1H3,(H2,26,30)(H,27,32)(H,28,31)(H,34,35). The summed E-state index contributed by atoms with van der Waals surface area (Å²) in [5, 5.41) is 14.5. The highest BCUT2D eigenvalue weighted by Gasteiger charge is 2.38. The molecule has 1 heterocycles. The molecule has 0 saturated carbocycles. The number of rotatable bonds is 14. The van der Waals surface area contributed by atoms with Gasteiger partial charge in [-0.2, -0.15) is 11.8 Å². The lowest BCUT2D eigenvalue weighted by molar-refractivity contribution is -0.143. The highest BCUT2D eigenvalue weighted by molar-refractivity contribution is 7.98. The smallest absolute Gasteiger partial charge is 0.326 e. The topological polar surface area (TPSA) is 185 Å². The number of nitrogens with two attached hydrogens (primary N) is 2. The van der Waals surface area contributed by atoms with Crippen molar-refractivity contribution >= 4 is 41.4 Å². The van der Waals surface area contributed by atoms with Gasteiger partial charge < -0.3 is 32.1 Å². The van der Waals surface area contributed by atoms with Crippen LogP contribution in [0.15, 0.2) is 30.3 Å². The minimum Gasteiger partial charge on any atom is -0.480 e. The minimum absolute atomic E-state index is 0.163. The van der Waals surface area contributed by atoms with Crippen molar-refractivity contribution in [1.29, 1.82) is 0 Å². The van der Waals surface area contributed by atoms with E-state index in [2.05, 4.69) is 10.6 Å². The number of carbonyl (C=O) groups excluding carboxylic acids is 4. The first kappa shape index (κ1) is 29.1. The number of primary amides is 1. The van der Waals surface area contributed by atoms with Crippen LogP contribution in [0.2, 0.25) is 0 Å². The number of carboxylic acids is 1. The number of carboxylic acid groups (broad SMARTS) is 1. The van der Waals surface area contributed by atoms with E-state index >= 15 is 0 Å². The number of hydrogen-bond donors (Lipinski definition) is 5. The Morgan fingerprint density at radius 3 is 2.42 bits per heavy atom. The van der Waals surface area contributed by atoms with Crippen LogP contribution in [0.4, 0.5) is 0 Å². The van der Waals surface area contributed by atoms with Gasteiger partial charge in [0.2, 0.25) is 23.6 Å². The third-order valence-corrected chi connectivity index (χ3v) is 6.64. The van der Waals surface area contributed by atoms with Gasteiger partial charge in [0.15, 0.2) is 0 Å². The van der Waals surface area contributed by atoms with Crippen molar-refractivity contribution < 1.29 is 29.1 Å². The van der Waals surface area contributed by atoms with Crippen molar-refractivity contribution in [3.05, 3.63) is 35.9 Å². The Kier molecular flexibility index (Phi) is 11.7. The van der Waals surface area contributed by atoms with E-state index in [4.69, 9.17) is 11.5 Å². The highest BCUT2D eigenvalue weighted by Crippen LogP contribution is 2.20. The van der Waals surface area contributed by atoms with Crippen molar-refractivity contribution in [2.75, 3.05) is 18.6 Å². The molecule has 1 aromatic rings. The van der Waals surface area contributed by atoms with Crippen LogP contribution >= 0.6 is 11.8 Å². The average Bonchev–Trinajstić information content (AvgIpc) is 3.34. The number of aliphatic carboxylic acids is 1. The fourth-order valence-corrected chi connectivity index (χ4v) is 4.53. The molecule has 0 spiro atoms. The van der Waals surface area contributed by atoms with E-state index in [1.807, 2.05) is 36.6 Å². The quantitative estimate of drug-likeness (QED) is 0.219. The molecule has 7 N–H and O–H groups in total. The predicted molar refractivity (Wildman–Crippen MR) is 136 cm³/mol. The van der Waals surface area contributed by atoms with Gasteiger partial charge in [0.25, 0.3) is 0 Å². The number of nitrogens with one attached hydrogen (secondary N) is 2. The highest BCUT2D eigenvalue weighted by atomic mass is 32.2. The molecule has 0 aliphatic carbocycles. The summed E-state index contributed by atoms with van der Waals surface area (Å²) >= 11 is 1.47. The fourth-order valence-electron chi connectivity index (χ4n) is 4.06. The number of carbonyl (C=O) groups is 5. The molecule has 0 bridgehead atoms. The zero-order valence-corrected chi connectivity index (χ0v) is 21.2. The Morgan fingerprint density at radius 1 is 1.11 bits per heavy atom. The molecule has 0 radical (unpaired) electrons. The van der Waals surface area contributed by atoms with Gasteiger partial charge in [0.1, 0.15) is 18.1 Å². The molecule has 11 nitrogen and oxygen atoms in total. The van der Waals surface area contributed by atoms with Crippen LogP contribution < -0.4 is 22.1 Å². The van der Waals surface area contributed by atoms with Crippen molar-refractivity contribution in [2.45, 2.75) is 62.7 Å². The summed E-state index contributed by atoms with van der Waals surface area (Å²) in [7, 11) is 0. The lowest BCUT2D eigenvalue weighted by Gasteiger charge is -2.28. The van der Waals surface area contributed by atoms with E-state index in [0.717, 1.165) is 5.56 Å². The first-order chi connectivity index (χ1) is 17.1. The van der Waals surface area contributed by atoms with Gasteiger partial charge in [0.05, 0.1) is 6.04 Å². The van der Waals surface area contributed by atoms with Crippen molar-refractivity contribution in [1.82, 2.24) is 15.5 Å². The second-order valence-corrected chi connectivity index (χ2v) is 9.72. The molecule has 4 unspecified atom stereocenters. The molecular weight excluding hydrogens is 486 g/mol. The van der Waals surface area contributed by atoms with Crippen LogP contribution in [-0.4, -0.2) is 82.3 Å². The largest absolute Gasteiger partial charge is 0.480 e. The zero-order valence-electron chi connectivity index (χ0n) is 20.4. The van der Waals surface area contributed by atoms with Gasteiger partial charge in [0, 0.05) is 13.0 Å². The average molecular weight is 522 g/mol. The van der Waals surface area contributed by atoms with Gasteiger partial charge in [-0.15, -0.1) is 0 Å². The van der Waals surface area contributed by atoms with E-state index in [1.54, 1.807) is 0 Å². The Hall–Kier alpha value is -3.12. The first-order valence-electron chi connectivity index (χ1n) is 11.8. The summed E-state index contributed by atoms with van der Waals surface area (Å²) < 4.78 is 0. The Bertz CT molecular complexity index is 931. The summed E-state index contributed by atoms with van der Waals surface area (Å²) in [6.07, 6.45) is 3.13. The number of likely N-dealkylation sites (tertiary alicyclic amines) is 1. The molecule has 4 amide bonds. The second-order valence-electron chi connectivity index (χ2n) is 8.73. The van der Waals surface area contributed by atoms with Crippen LogP contribution in [0.5, 0.6) is 0 Å². The fraction of sp³-hybridized carbons (Fsp3) is 0.542. The van der Waals surface area contributed by atoms with Gasteiger partial charge in [-0.25, -0.2) is 4.79 Å². The van der Waals surface area contributed by atoms with Crippen molar-refractivity contribution in [3.63, 3.8) is 0 Å². The summed E-state index contributed by atoms with van der Waals surface area (Å²) in [6, 6.07) is 5.45. The van der Waals surface area contributed by atoms with Crippen LogP contribution in [0.1, 0.15) is 37.7 Å². The lowest BCUT2D eigenvalue weighted by Crippen LogP contribution is -2.57. The molecule has 1 aliphatic heterocycles. The first-order valence-corrected chi connectivity index (χ1v) is 13.2. The number of thioether (sulfide) groups is 1. The number of nitrogens with zero attached hydrogens (tertiary/aromatic N) is 1. The molecule has 2 rings (SSSR count). The molecule has 0 aromatic heterocycles. The monoisotopic (exact) mass is 521 g/mol. The van der Waals surface area contributed by atoms with Gasteiger partial charge in [-0.3, -0.25) is 19.2 Å². The second kappa shape index (κ2) is 14.4. The third kappa shape index (κ3) is 8.83. The number of benzene rings is 1. The predicted octanol–water partition coefficient (Wildman–Crippen LogP) is -0.380. The Balaban J connectivity index is 2.05. The van der Waals surface area contributed by atoms with E-state index in [-0.39, 0.29) is 25.2 Å². The SMILES string of the molecule is CSCCC(NC(=O)C1CCCN1C(=O)C(N)Cc1ccccc1)C(=O)NC(CCC(N)=O)C(=O)O. The summed E-state index contributed by atoms with van der Waals surface area (Å²) in [4.78, 5) is 63.1. The van der Waals surface area contributed by atoms with E-state index < -0.39 is 47.9 Å². The minimum atomic E-state index is -1.32. The van der Waals surface area contributed by atoms with E-state index in [9.17, 15) is 29.1 Å². The van der Waals surface area contributed by atoms with E-state index in [0.29, 0.717) is 31.6 Å². The van der Waals surface area contributed by atoms with Crippen molar-refractivity contribution in [3.8, 4) is 0 Å². The van der Waals surface area contributed by atoms with Crippen LogP contribution in [0.25, 0.3) is 0 Å². The molecule has 12 heteroatoms. The van der Waals surface area contributed by atoms with Crippen LogP contribution in [-0.2, 0) is 30.4 Å². The molecule has 36 heavy (non-hydrogen) atoms. The Morgan fingerprint density at radius 2 is 1.81 bits per heavy atom. The maximum Gasteiger partial charge on any atom is 0.326 e. The normalized spacial score (nSPS) is 17.6. The maximum absolute atomic E-state index is 13.1. The van der Waals surface area contributed by atoms with Crippen LogP contribution in [0.3, 0.4) is 0 Å². The summed E-state index contributed by atoms with van der Waals surface area (Å²) in [5.41, 5.74) is 12.2. The molecule has 4 atom stereocenters. The number of hydrogen-bond acceptors (Lipinski definition) is 7. The maximum atomic E-state index is 13.1. The van der Waals surface area contributed by atoms with Gasteiger partial charge >= 0.3 is 5.97 Å². The zero-order chi connectivity index (χ0) is 26.7.